The zero-order valence-corrected chi connectivity index (χ0v) is 11.0. The Morgan fingerprint density at radius 1 is 1.44 bits per heavy atom. The first kappa shape index (κ1) is 11.9. The molecule has 0 radical (unpaired) electrons. The summed E-state index contributed by atoms with van der Waals surface area (Å²) in [5.74, 6) is 0.584. The minimum absolute atomic E-state index is 0.0743. The molecule has 4 nitrogen and oxygen atoms in total. The maximum Gasteiger partial charge on any atom is 0.234 e. The van der Waals surface area contributed by atoms with Gasteiger partial charge in [0.2, 0.25) is 5.91 Å². The van der Waals surface area contributed by atoms with Gasteiger partial charge in [0.15, 0.2) is 0 Å². The van der Waals surface area contributed by atoms with Gasteiger partial charge in [-0.3, -0.25) is 4.79 Å². The molecule has 0 atom stereocenters. The van der Waals surface area contributed by atoms with Crippen LogP contribution in [-0.2, 0) is 4.79 Å². The van der Waals surface area contributed by atoms with Crippen LogP contribution in [0.15, 0.2) is 23.1 Å². The van der Waals surface area contributed by atoms with Crippen molar-refractivity contribution in [2.45, 2.75) is 17.7 Å². The number of nitrogens with two attached hydrogens (primary N) is 1. The Kier molecular flexibility index (Phi) is 2.95. The monoisotopic (exact) mass is 263 g/mol. The van der Waals surface area contributed by atoms with Crippen LogP contribution in [0.25, 0.3) is 0 Å². The lowest BCUT2D eigenvalue weighted by Crippen LogP contribution is -2.24. The fourth-order valence-corrected chi connectivity index (χ4v) is 2.90. The topological polar surface area (TPSA) is 67.2 Å². The van der Waals surface area contributed by atoms with E-state index in [0.29, 0.717) is 11.2 Å². The van der Waals surface area contributed by atoms with E-state index >= 15 is 0 Å². The van der Waals surface area contributed by atoms with Gasteiger partial charge in [0.1, 0.15) is 0 Å². The molecule has 0 spiro atoms. The molecule has 1 aromatic carbocycles. The van der Waals surface area contributed by atoms with Crippen LogP contribution < -0.4 is 16.4 Å². The smallest absolute Gasteiger partial charge is 0.234 e. The van der Waals surface area contributed by atoms with E-state index in [4.69, 9.17) is 5.73 Å². The molecule has 0 aromatic heterocycles. The minimum Gasteiger partial charge on any atom is -0.384 e. The summed E-state index contributed by atoms with van der Waals surface area (Å²) in [6.45, 7) is 1.67. The highest BCUT2D eigenvalue weighted by molar-refractivity contribution is 8.00. The molecule has 1 saturated carbocycles. The van der Waals surface area contributed by atoms with Gasteiger partial charge in [0.05, 0.1) is 11.4 Å². The summed E-state index contributed by atoms with van der Waals surface area (Å²) in [5, 5.41) is 6.33. The van der Waals surface area contributed by atoms with Crippen LogP contribution >= 0.6 is 11.8 Å². The third kappa shape index (κ3) is 2.33. The predicted molar refractivity (Wildman–Crippen MR) is 75.0 cm³/mol. The van der Waals surface area contributed by atoms with Gasteiger partial charge in [-0.1, -0.05) is 0 Å². The van der Waals surface area contributed by atoms with Gasteiger partial charge in [0.25, 0.3) is 0 Å². The molecule has 3 rings (SSSR count). The first-order chi connectivity index (χ1) is 8.71. The standard InChI is InChI=1S/C13H17N3OS/c14-7-13(3-4-13)8-15-9-1-2-11-10(5-9)16-12(17)6-18-11/h1-2,5,15H,3-4,6-8,14H2,(H,16,17). The largest absolute Gasteiger partial charge is 0.384 e. The zero-order valence-electron chi connectivity index (χ0n) is 10.2. The lowest BCUT2D eigenvalue weighted by Gasteiger charge is -2.19. The Labute approximate surface area is 111 Å². The molecule has 1 aromatic rings. The molecule has 1 fully saturated rings. The van der Waals surface area contributed by atoms with Crippen LogP contribution in [0.2, 0.25) is 0 Å². The van der Waals surface area contributed by atoms with E-state index in [1.165, 1.54) is 12.8 Å². The third-order valence-electron chi connectivity index (χ3n) is 3.67. The average Bonchev–Trinajstić information content (AvgIpc) is 3.16. The second-order valence-corrected chi connectivity index (χ2v) is 6.12. The summed E-state index contributed by atoms with van der Waals surface area (Å²) in [7, 11) is 0. The van der Waals surface area contributed by atoms with E-state index in [9.17, 15) is 4.79 Å². The highest BCUT2D eigenvalue weighted by Gasteiger charge is 2.40. The molecule has 1 amide bonds. The Bertz CT molecular complexity index is 485. The van der Waals surface area contributed by atoms with E-state index in [1.807, 2.05) is 6.07 Å². The lowest BCUT2D eigenvalue weighted by atomic mass is 10.1. The summed E-state index contributed by atoms with van der Waals surface area (Å²) in [6.07, 6.45) is 2.43. The van der Waals surface area contributed by atoms with Gasteiger partial charge in [-0.15, -0.1) is 11.8 Å². The second-order valence-electron chi connectivity index (χ2n) is 5.11. The number of hydrogen-bond acceptors (Lipinski definition) is 4. The van der Waals surface area contributed by atoms with Crippen molar-refractivity contribution in [3.05, 3.63) is 18.2 Å². The molecular weight excluding hydrogens is 246 g/mol. The molecule has 96 valence electrons. The quantitative estimate of drug-likeness (QED) is 0.776. The van der Waals surface area contributed by atoms with E-state index < -0.39 is 0 Å². The van der Waals surface area contributed by atoms with Crippen LogP contribution in [0.1, 0.15) is 12.8 Å². The number of hydrogen-bond donors (Lipinski definition) is 3. The van der Waals surface area contributed by atoms with E-state index in [2.05, 4.69) is 22.8 Å². The zero-order chi connectivity index (χ0) is 12.6. The Morgan fingerprint density at radius 3 is 3.00 bits per heavy atom. The summed E-state index contributed by atoms with van der Waals surface area (Å²) >= 11 is 1.59. The molecular formula is C13H17N3OS. The van der Waals surface area contributed by atoms with Gasteiger partial charge in [-0.25, -0.2) is 0 Å². The van der Waals surface area contributed by atoms with Crippen LogP contribution in [0.4, 0.5) is 11.4 Å². The number of thioether (sulfide) groups is 1. The van der Waals surface area contributed by atoms with Gasteiger partial charge in [-0.05, 0) is 43.0 Å². The number of nitrogens with one attached hydrogen (secondary N) is 2. The number of benzene rings is 1. The fourth-order valence-electron chi connectivity index (χ4n) is 2.11. The molecule has 0 saturated heterocycles. The Balaban J connectivity index is 1.70. The van der Waals surface area contributed by atoms with Gasteiger partial charge in [-0.2, -0.15) is 0 Å². The summed E-state index contributed by atoms with van der Waals surface area (Å²) in [4.78, 5) is 12.5. The van der Waals surface area contributed by atoms with Crippen LogP contribution in [0.3, 0.4) is 0 Å². The van der Waals surface area contributed by atoms with Crippen molar-refractivity contribution in [1.29, 1.82) is 0 Å². The van der Waals surface area contributed by atoms with Crippen molar-refractivity contribution >= 4 is 29.0 Å². The normalized spacial score (nSPS) is 19.9. The van der Waals surface area contributed by atoms with E-state index in [0.717, 1.165) is 29.4 Å². The SMILES string of the molecule is NCC1(CNc2ccc3c(c2)NC(=O)CS3)CC1. The maximum atomic E-state index is 11.3. The molecule has 1 aliphatic carbocycles. The van der Waals surface area contributed by atoms with Crippen molar-refractivity contribution in [1.82, 2.24) is 0 Å². The van der Waals surface area contributed by atoms with E-state index in [1.54, 1.807) is 11.8 Å². The molecule has 18 heavy (non-hydrogen) atoms. The van der Waals surface area contributed by atoms with Gasteiger partial charge in [0, 0.05) is 17.1 Å². The van der Waals surface area contributed by atoms with Crippen LogP contribution in [-0.4, -0.2) is 24.7 Å². The summed E-state index contributed by atoms with van der Waals surface area (Å²) in [6, 6.07) is 6.13. The number of amides is 1. The predicted octanol–water partition coefficient (Wildman–Crippen LogP) is 1.88. The maximum absolute atomic E-state index is 11.3. The number of fused-ring (bicyclic) bond motifs is 1. The molecule has 2 aliphatic rings. The van der Waals surface area contributed by atoms with Crippen LogP contribution in [0, 0.1) is 5.41 Å². The van der Waals surface area contributed by atoms with Crippen LogP contribution in [0.5, 0.6) is 0 Å². The second kappa shape index (κ2) is 4.48. The molecule has 0 unspecified atom stereocenters. The summed E-state index contributed by atoms with van der Waals surface area (Å²) < 4.78 is 0. The number of rotatable bonds is 4. The van der Waals surface area contributed by atoms with Crippen molar-refractivity contribution in [3.8, 4) is 0 Å². The number of carbonyl (C=O) groups excluding carboxylic acids is 1. The number of anilines is 2. The molecule has 0 bridgehead atoms. The molecule has 5 heteroatoms. The summed E-state index contributed by atoms with van der Waals surface area (Å²) in [5.41, 5.74) is 8.04. The van der Waals surface area contributed by atoms with Crippen molar-refractivity contribution in [3.63, 3.8) is 0 Å². The Morgan fingerprint density at radius 2 is 2.28 bits per heavy atom. The minimum atomic E-state index is 0.0743. The average molecular weight is 263 g/mol. The lowest BCUT2D eigenvalue weighted by molar-refractivity contribution is -0.113. The van der Waals surface area contributed by atoms with Crippen molar-refractivity contribution in [2.75, 3.05) is 29.5 Å². The highest BCUT2D eigenvalue weighted by Crippen LogP contribution is 2.44. The fraction of sp³-hybridized carbons (Fsp3) is 0.462. The molecule has 1 heterocycles. The number of carbonyl (C=O) groups is 1. The highest BCUT2D eigenvalue weighted by atomic mass is 32.2. The third-order valence-corrected chi connectivity index (χ3v) is 4.74. The first-order valence-electron chi connectivity index (χ1n) is 6.21. The Hall–Kier alpha value is -1.20. The van der Waals surface area contributed by atoms with Gasteiger partial charge >= 0.3 is 0 Å². The molecule has 1 aliphatic heterocycles. The van der Waals surface area contributed by atoms with Crippen molar-refractivity contribution in [2.24, 2.45) is 11.1 Å². The van der Waals surface area contributed by atoms with Crippen molar-refractivity contribution < 1.29 is 4.79 Å². The van der Waals surface area contributed by atoms with E-state index in [-0.39, 0.29) is 5.91 Å². The first-order valence-corrected chi connectivity index (χ1v) is 7.20. The van der Waals surface area contributed by atoms with Gasteiger partial charge < -0.3 is 16.4 Å². The molecule has 4 N–H and O–H groups in total.